The molecule has 138 valence electrons. The first-order chi connectivity index (χ1) is 11.5. The Hall–Kier alpha value is -2.29. The highest BCUT2D eigenvalue weighted by atomic mass is 19.4. The van der Waals surface area contributed by atoms with Gasteiger partial charge < -0.3 is 15.2 Å². The quantitative estimate of drug-likeness (QED) is 0.810. The Kier molecular flexibility index (Phi) is 4.99. The number of halogens is 3. The highest BCUT2D eigenvalue weighted by Gasteiger charge is 2.69. The Labute approximate surface area is 142 Å². The van der Waals surface area contributed by atoms with Gasteiger partial charge in [-0.05, 0) is 19.4 Å². The third kappa shape index (κ3) is 3.15. The fraction of sp³-hybridized carbons (Fsp3) is 0.500. The number of aryl methyl sites for hydroxylation is 1. The van der Waals surface area contributed by atoms with Crippen LogP contribution in [0.5, 0.6) is 0 Å². The Balaban J connectivity index is 2.62. The molecule has 0 bridgehead atoms. The molecule has 1 aliphatic rings. The second-order valence-electron chi connectivity index (χ2n) is 5.85. The van der Waals surface area contributed by atoms with Gasteiger partial charge in [0, 0.05) is 7.05 Å². The zero-order valence-corrected chi connectivity index (χ0v) is 13.9. The lowest BCUT2D eigenvalue weighted by Gasteiger charge is -2.49. The lowest BCUT2D eigenvalue weighted by atomic mass is 9.81. The maximum absolute atomic E-state index is 13.7. The topological polar surface area (TPSA) is 78.9 Å². The van der Waals surface area contributed by atoms with E-state index in [0.29, 0.717) is 0 Å². The zero-order chi connectivity index (χ0) is 19.0. The van der Waals surface area contributed by atoms with Gasteiger partial charge in [0.2, 0.25) is 0 Å². The van der Waals surface area contributed by atoms with Crippen LogP contribution in [0.4, 0.5) is 18.0 Å². The molecule has 0 aliphatic carbocycles. The van der Waals surface area contributed by atoms with E-state index >= 15 is 0 Å². The summed E-state index contributed by atoms with van der Waals surface area (Å²) in [6, 6.07) is 3.72. The van der Waals surface area contributed by atoms with Crippen molar-refractivity contribution in [1.29, 1.82) is 0 Å². The number of amides is 2. The molecule has 2 rings (SSSR count). The molecule has 1 aromatic carbocycles. The van der Waals surface area contributed by atoms with Gasteiger partial charge in [0.05, 0.1) is 12.6 Å². The van der Waals surface area contributed by atoms with Crippen LogP contribution in [0.2, 0.25) is 0 Å². The standard InChI is InChI=1S/C16H19F3N2O4/c1-4-25-13(22)11-12(10-7-5-9(2)6-8-10)20-14(23)21(3)15(11,24)16(17,18)19/h5-8,11-12,24H,4H2,1-3H3,(H,20,23)/t11-,12-,15-/m0/s1. The van der Waals surface area contributed by atoms with Gasteiger partial charge in [-0.3, -0.25) is 9.69 Å². The van der Waals surface area contributed by atoms with Crippen molar-refractivity contribution in [2.45, 2.75) is 31.8 Å². The summed E-state index contributed by atoms with van der Waals surface area (Å²) in [7, 11) is 0.778. The normalized spacial score (nSPS) is 27.0. The van der Waals surface area contributed by atoms with E-state index in [9.17, 15) is 27.9 Å². The summed E-state index contributed by atoms with van der Waals surface area (Å²) in [6.45, 7) is 3.06. The second-order valence-corrected chi connectivity index (χ2v) is 5.85. The van der Waals surface area contributed by atoms with E-state index in [1.807, 2.05) is 0 Å². The van der Waals surface area contributed by atoms with Crippen LogP contribution in [-0.4, -0.2) is 47.6 Å². The molecule has 2 N–H and O–H groups in total. The van der Waals surface area contributed by atoms with Crippen LogP contribution in [0.1, 0.15) is 24.1 Å². The highest BCUT2D eigenvalue weighted by molar-refractivity contribution is 5.83. The summed E-state index contributed by atoms with van der Waals surface area (Å²) < 4.78 is 45.8. The number of benzene rings is 1. The number of carbonyl (C=O) groups excluding carboxylic acids is 2. The highest BCUT2D eigenvalue weighted by Crippen LogP contribution is 2.46. The molecule has 1 aliphatic heterocycles. The van der Waals surface area contributed by atoms with Gasteiger partial charge in [0.15, 0.2) is 0 Å². The molecule has 1 fully saturated rings. The van der Waals surface area contributed by atoms with Crippen molar-refractivity contribution >= 4 is 12.0 Å². The maximum Gasteiger partial charge on any atom is 0.437 e. The van der Waals surface area contributed by atoms with E-state index in [0.717, 1.165) is 12.6 Å². The number of esters is 1. The van der Waals surface area contributed by atoms with Crippen molar-refractivity contribution in [2.75, 3.05) is 13.7 Å². The predicted octanol–water partition coefficient (Wildman–Crippen LogP) is 2.12. The van der Waals surface area contributed by atoms with Crippen LogP contribution in [0.25, 0.3) is 0 Å². The van der Waals surface area contributed by atoms with E-state index in [1.54, 1.807) is 19.1 Å². The minimum atomic E-state index is -5.26. The molecule has 9 heteroatoms. The van der Waals surface area contributed by atoms with Crippen molar-refractivity contribution < 1.29 is 32.6 Å². The first kappa shape index (κ1) is 19.0. The fourth-order valence-corrected chi connectivity index (χ4v) is 2.86. The number of hydrogen-bond donors (Lipinski definition) is 2. The van der Waals surface area contributed by atoms with Gasteiger partial charge in [-0.1, -0.05) is 29.8 Å². The van der Waals surface area contributed by atoms with E-state index in [4.69, 9.17) is 4.74 Å². The fourth-order valence-electron chi connectivity index (χ4n) is 2.86. The smallest absolute Gasteiger partial charge is 0.437 e. The van der Waals surface area contributed by atoms with Crippen molar-refractivity contribution in [2.24, 2.45) is 5.92 Å². The molecule has 0 aromatic heterocycles. The summed E-state index contributed by atoms with van der Waals surface area (Å²) in [6.07, 6.45) is -5.26. The number of urea groups is 1. The molecule has 1 heterocycles. The molecule has 3 atom stereocenters. The van der Waals surface area contributed by atoms with Crippen LogP contribution in [0.3, 0.4) is 0 Å². The van der Waals surface area contributed by atoms with Gasteiger partial charge in [-0.2, -0.15) is 13.2 Å². The van der Waals surface area contributed by atoms with Crippen molar-refractivity contribution in [1.82, 2.24) is 10.2 Å². The average molecular weight is 360 g/mol. The third-order valence-corrected chi connectivity index (χ3v) is 4.26. The Morgan fingerprint density at radius 2 is 1.92 bits per heavy atom. The third-order valence-electron chi connectivity index (χ3n) is 4.26. The summed E-state index contributed by atoms with van der Waals surface area (Å²) in [5, 5.41) is 12.8. The number of aliphatic hydroxyl groups is 1. The lowest BCUT2D eigenvalue weighted by molar-refractivity contribution is -0.328. The van der Waals surface area contributed by atoms with Crippen molar-refractivity contribution in [3.63, 3.8) is 0 Å². The Morgan fingerprint density at radius 3 is 2.40 bits per heavy atom. The molecule has 0 unspecified atom stereocenters. The number of hydrogen-bond acceptors (Lipinski definition) is 4. The van der Waals surface area contributed by atoms with Crippen LogP contribution >= 0.6 is 0 Å². The molecule has 0 radical (unpaired) electrons. The van der Waals surface area contributed by atoms with Crippen LogP contribution in [0.15, 0.2) is 24.3 Å². The summed E-state index contributed by atoms with van der Waals surface area (Å²) in [5.74, 6) is -3.34. The molecule has 1 saturated heterocycles. The van der Waals surface area contributed by atoms with Crippen LogP contribution < -0.4 is 5.32 Å². The molecule has 1 aromatic rings. The first-order valence-corrected chi connectivity index (χ1v) is 7.60. The monoisotopic (exact) mass is 360 g/mol. The zero-order valence-electron chi connectivity index (χ0n) is 13.9. The summed E-state index contributed by atoms with van der Waals surface area (Å²) >= 11 is 0. The number of ether oxygens (including phenoxy) is 1. The van der Waals surface area contributed by atoms with E-state index in [1.165, 1.54) is 19.1 Å². The SMILES string of the molecule is CCOC(=O)[C@@H]1[C@H](c2ccc(C)cc2)NC(=O)N(C)[C@@]1(O)C(F)(F)F. The van der Waals surface area contributed by atoms with Crippen LogP contribution in [0, 0.1) is 12.8 Å². The number of nitrogens with zero attached hydrogens (tertiary/aromatic N) is 1. The second kappa shape index (κ2) is 6.55. The number of rotatable bonds is 3. The molecule has 0 saturated carbocycles. The van der Waals surface area contributed by atoms with E-state index in [2.05, 4.69) is 5.32 Å². The van der Waals surface area contributed by atoms with Gasteiger partial charge in [0.25, 0.3) is 5.72 Å². The molecule has 25 heavy (non-hydrogen) atoms. The van der Waals surface area contributed by atoms with Gasteiger partial charge in [-0.15, -0.1) is 0 Å². The lowest BCUT2D eigenvalue weighted by Crippen LogP contribution is -2.73. The number of carbonyl (C=O) groups is 2. The molecule has 6 nitrogen and oxygen atoms in total. The van der Waals surface area contributed by atoms with E-state index in [-0.39, 0.29) is 17.1 Å². The number of alkyl halides is 3. The molecule has 0 spiro atoms. The van der Waals surface area contributed by atoms with Gasteiger partial charge in [0.1, 0.15) is 5.92 Å². The Morgan fingerprint density at radius 1 is 1.36 bits per heavy atom. The van der Waals surface area contributed by atoms with Crippen molar-refractivity contribution in [3.05, 3.63) is 35.4 Å². The minimum absolute atomic E-state index is 0.0826. The molecular formula is C16H19F3N2O4. The van der Waals surface area contributed by atoms with Gasteiger partial charge in [-0.25, -0.2) is 4.79 Å². The Bertz CT molecular complexity index is 662. The summed E-state index contributed by atoms with van der Waals surface area (Å²) in [5.41, 5.74) is -2.59. The first-order valence-electron chi connectivity index (χ1n) is 7.60. The largest absolute Gasteiger partial charge is 0.466 e. The van der Waals surface area contributed by atoms with Gasteiger partial charge >= 0.3 is 18.2 Å². The maximum atomic E-state index is 13.7. The molecule has 2 amide bonds. The van der Waals surface area contributed by atoms with E-state index < -0.39 is 35.9 Å². The number of nitrogens with one attached hydrogen (secondary N) is 1. The molecular weight excluding hydrogens is 341 g/mol. The predicted molar refractivity (Wildman–Crippen MR) is 81.3 cm³/mol. The average Bonchev–Trinajstić information content (AvgIpc) is 2.52. The minimum Gasteiger partial charge on any atom is -0.466 e. The summed E-state index contributed by atoms with van der Waals surface area (Å²) in [4.78, 5) is 24.4. The van der Waals surface area contributed by atoms with Crippen molar-refractivity contribution in [3.8, 4) is 0 Å². The van der Waals surface area contributed by atoms with Crippen LogP contribution in [-0.2, 0) is 9.53 Å².